The van der Waals surface area contributed by atoms with Crippen LogP contribution >= 0.6 is 0 Å². The van der Waals surface area contributed by atoms with Crippen LogP contribution in [0.1, 0.15) is 6.92 Å². The van der Waals surface area contributed by atoms with E-state index in [1.165, 1.54) is 35.7 Å². The molecule has 0 aliphatic carbocycles. The highest BCUT2D eigenvalue weighted by atomic mass is 32.2. The van der Waals surface area contributed by atoms with E-state index in [9.17, 15) is 18.5 Å². The van der Waals surface area contributed by atoms with E-state index in [-0.39, 0.29) is 23.0 Å². The Labute approximate surface area is 152 Å². The van der Waals surface area contributed by atoms with Gasteiger partial charge in [0.2, 0.25) is 0 Å². The second-order valence-electron chi connectivity index (χ2n) is 5.67. The maximum atomic E-state index is 13.2. The summed E-state index contributed by atoms with van der Waals surface area (Å²) < 4.78 is 32.9. The average molecular weight is 376 g/mol. The van der Waals surface area contributed by atoms with E-state index < -0.39 is 14.9 Å². The Bertz CT molecular complexity index is 894. The standard InChI is InChI=1S/C18H20N2O5S/c1-4-14(2)13-19(17-7-5-6-8-18(17)25-3)26(23,24)16-11-9-15(10-12-16)20(21)22/h4-12,14H,1,13H2,2-3H3/t14-/m1/s1. The van der Waals surface area contributed by atoms with Crippen LogP contribution in [0.4, 0.5) is 11.4 Å². The van der Waals surface area contributed by atoms with Gasteiger partial charge >= 0.3 is 0 Å². The first kappa shape index (κ1) is 19.5. The highest BCUT2D eigenvalue weighted by Gasteiger charge is 2.28. The van der Waals surface area contributed by atoms with Crippen molar-refractivity contribution in [2.24, 2.45) is 5.92 Å². The summed E-state index contributed by atoms with van der Waals surface area (Å²) in [5.74, 6) is 0.294. The Balaban J connectivity index is 2.56. The van der Waals surface area contributed by atoms with Crippen molar-refractivity contribution in [2.45, 2.75) is 11.8 Å². The third kappa shape index (κ3) is 4.02. The number of ether oxygens (including phenoxy) is 1. The van der Waals surface area contributed by atoms with Gasteiger partial charge in [-0.2, -0.15) is 0 Å². The Morgan fingerprint density at radius 2 is 1.85 bits per heavy atom. The molecule has 0 radical (unpaired) electrons. The number of non-ortho nitro benzene ring substituents is 1. The molecule has 0 unspecified atom stereocenters. The van der Waals surface area contributed by atoms with E-state index >= 15 is 0 Å². The molecule has 0 N–H and O–H groups in total. The highest BCUT2D eigenvalue weighted by molar-refractivity contribution is 7.92. The number of nitro benzene ring substituents is 1. The molecule has 2 aromatic rings. The molecule has 0 spiro atoms. The molecule has 0 heterocycles. The number of nitro groups is 1. The van der Waals surface area contributed by atoms with Gasteiger partial charge in [0.05, 0.1) is 22.6 Å². The van der Waals surface area contributed by atoms with Crippen molar-refractivity contribution in [1.82, 2.24) is 0 Å². The van der Waals surface area contributed by atoms with Gasteiger partial charge < -0.3 is 4.74 Å². The van der Waals surface area contributed by atoms with Gasteiger partial charge in [-0.05, 0) is 30.2 Å². The van der Waals surface area contributed by atoms with Crippen LogP contribution < -0.4 is 9.04 Å². The zero-order valence-electron chi connectivity index (χ0n) is 14.5. The number of sulfonamides is 1. The minimum atomic E-state index is -3.95. The third-order valence-electron chi connectivity index (χ3n) is 3.85. The van der Waals surface area contributed by atoms with E-state index in [2.05, 4.69) is 6.58 Å². The fourth-order valence-electron chi connectivity index (χ4n) is 2.36. The largest absolute Gasteiger partial charge is 0.495 e. The first-order valence-electron chi connectivity index (χ1n) is 7.84. The van der Waals surface area contributed by atoms with Crippen LogP contribution in [0.2, 0.25) is 0 Å². The van der Waals surface area contributed by atoms with Crippen LogP contribution in [0.3, 0.4) is 0 Å². The van der Waals surface area contributed by atoms with Gasteiger partial charge in [0.25, 0.3) is 15.7 Å². The smallest absolute Gasteiger partial charge is 0.269 e. The monoisotopic (exact) mass is 376 g/mol. The summed E-state index contributed by atoms with van der Waals surface area (Å²) in [4.78, 5) is 10.2. The quantitative estimate of drug-likeness (QED) is 0.399. The van der Waals surface area contributed by atoms with E-state index in [1.807, 2.05) is 6.92 Å². The van der Waals surface area contributed by atoms with Gasteiger partial charge in [0.15, 0.2) is 0 Å². The van der Waals surface area contributed by atoms with Crippen LogP contribution in [-0.4, -0.2) is 27.0 Å². The maximum Gasteiger partial charge on any atom is 0.269 e. The molecule has 138 valence electrons. The minimum absolute atomic E-state index is 0.0368. The molecule has 8 heteroatoms. The summed E-state index contributed by atoms with van der Waals surface area (Å²) in [6.07, 6.45) is 1.66. The Morgan fingerprint density at radius 1 is 1.23 bits per heavy atom. The molecule has 0 saturated heterocycles. The molecule has 0 fully saturated rings. The second kappa shape index (κ2) is 8.01. The number of para-hydroxylation sites is 2. The number of hydrogen-bond donors (Lipinski definition) is 0. The lowest BCUT2D eigenvalue weighted by Gasteiger charge is -2.27. The van der Waals surface area contributed by atoms with Crippen molar-refractivity contribution < 1.29 is 18.1 Å². The predicted molar refractivity (Wildman–Crippen MR) is 100.0 cm³/mol. The van der Waals surface area contributed by atoms with Crippen LogP contribution in [-0.2, 0) is 10.0 Å². The van der Waals surface area contributed by atoms with Crippen molar-refractivity contribution in [1.29, 1.82) is 0 Å². The first-order chi connectivity index (χ1) is 12.3. The van der Waals surface area contributed by atoms with E-state index in [0.29, 0.717) is 11.4 Å². The van der Waals surface area contributed by atoms with Crippen LogP contribution in [0, 0.1) is 16.0 Å². The van der Waals surface area contributed by atoms with Crippen LogP contribution in [0.5, 0.6) is 5.75 Å². The molecular weight excluding hydrogens is 356 g/mol. The zero-order chi connectivity index (χ0) is 19.3. The Morgan fingerprint density at radius 3 is 2.38 bits per heavy atom. The van der Waals surface area contributed by atoms with Gasteiger partial charge in [0.1, 0.15) is 5.75 Å². The number of anilines is 1. The second-order valence-corrected chi connectivity index (χ2v) is 7.53. The summed E-state index contributed by atoms with van der Waals surface area (Å²) >= 11 is 0. The summed E-state index contributed by atoms with van der Waals surface area (Å²) in [6.45, 7) is 5.71. The number of rotatable bonds is 8. The summed E-state index contributed by atoms with van der Waals surface area (Å²) in [5.41, 5.74) is 0.217. The summed E-state index contributed by atoms with van der Waals surface area (Å²) in [7, 11) is -2.49. The maximum absolute atomic E-state index is 13.2. The molecule has 0 bridgehead atoms. The van der Waals surface area contributed by atoms with Crippen molar-refractivity contribution in [3.63, 3.8) is 0 Å². The SMILES string of the molecule is C=C[C@@H](C)CN(c1ccccc1OC)S(=O)(=O)c1ccc([N+](=O)[O-])cc1. The van der Waals surface area contributed by atoms with Gasteiger partial charge in [-0.15, -0.1) is 6.58 Å². The normalized spacial score (nSPS) is 12.2. The van der Waals surface area contributed by atoms with Crippen molar-refractivity contribution in [3.8, 4) is 5.75 Å². The predicted octanol–water partition coefficient (Wildman–Crippen LogP) is 3.62. The molecule has 0 aliphatic rings. The van der Waals surface area contributed by atoms with E-state index in [0.717, 1.165) is 0 Å². The molecule has 2 rings (SSSR count). The van der Waals surface area contributed by atoms with E-state index in [1.54, 1.807) is 30.3 Å². The number of methoxy groups -OCH3 is 1. The highest BCUT2D eigenvalue weighted by Crippen LogP contribution is 2.33. The molecule has 1 atom stereocenters. The Kier molecular flexibility index (Phi) is 5.99. The molecule has 0 aromatic heterocycles. The molecule has 2 aromatic carbocycles. The molecule has 26 heavy (non-hydrogen) atoms. The zero-order valence-corrected chi connectivity index (χ0v) is 15.3. The Hall–Kier alpha value is -2.87. The van der Waals surface area contributed by atoms with Crippen molar-refractivity contribution >= 4 is 21.4 Å². The molecule has 0 saturated carbocycles. The molecule has 0 amide bonds. The van der Waals surface area contributed by atoms with Crippen LogP contribution in [0.15, 0.2) is 66.1 Å². The summed E-state index contributed by atoms with van der Waals surface area (Å²) in [5, 5.41) is 10.8. The molecule has 0 aliphatic heterocycles. The lowest BCUT2D eigenvalue weighted by Crippen LogP contribution is -2.34. The summed E-state index contributed by atoms with van der Waals surface area (Å²) in [6, 6.07) is 11.6. The first-order valence-corrected chi connectivity index (χ1v) is 9.28. The third-order valence-corrected chi connectivity index (χ3v) is 5.64. The number of benzene rings is 2. The van der Waals surface area contributed by atoms with Gasteiger partial charge in [-0.25, -0.2) is 8.42 Å². The van der Waals surface area contributed by atoms with Gasteiger partial charge in [-0.1, -0.05) is 25.1 Å². The van der Waals surface area contributed by atoms with E-state index in [4.69, 9.17) is 4.74 Å². The van der Waals surface area contributed by atoms with Gasteiger partial charge in [-0.3, -0.25) is 14.4 Å². The molecule has 7 nitrogen and oxygen atoms in total. The fraction of sp³-hybridized carbons (Fsp3) is 0.222. The lowest BCUT2D eigenvalue weighted by atomic mass is 10.2. The fourth-order valence-corrected chi connectivity index (χ4v) is 3.94. The number of nitrogens with zero attached hydrogens (tertiary/aromatic N) is 2. The van der Waals surface area contributed by atoms with Crippen molar-refractivity contribution in [3.05, 3.63) is 71.3 Å². The van der Waals surface area contributed by atoms with Crippen LogP contribution in [0.25, 0.3) is 0 Å². The number of hydrogen-bond acceptors (Lipinski definition) is 5. The topological polar surface area (TPSA) is 89.8 Å². The lowest BCUT2D eigenvalue weighted by molar-refractivity contribution is -0.384. The van der Waals surface area contributed by atoms with Gasteiger partial charge in [0, 0.05) is 18.7 Å². The average Bonchev–Trinajstić information content (AvgIpc) is 2.65. The van der Waals surface area contributed by atoms with Crippen molar-refractivity contribution in [2.75, 3.05) is 18.0 Å². The minimum Gasteiger partial charge on any atom is -0.495 e. The molecular formula is C18H20N2O5S.